The number of hydrogen-bond donors (Lipinski definition) is 3. The third-order valence-corrected chi connectivity index (χ3v) is 4.81. The lowest BCUT2D eigenvalue weighted by atomic mass is 10.0. The Kier molecular flexibility index (Phi) is 7.28. The third kappa shape index (κ3) is 5.74. The van der Waals surface area contributed by atoms with Crippen molar-refractivity contribution in [1.82, 2.24) is 10.3 Å². The van der Waals surface area contributed by atoms with Gasteiger partial charge in [-0.2, -0.15) is 0 Å². The maximum absolute atomic E-state index is 12.8. The zero-order chi connectivity index (χ0) is 21.7. The van der Waals surface area contributed by atoms with Crippen LogP contribution in [0.5, 0.6) is 0 Å². The van der Waals surface area contributed by atoms with Gasteiger partial charge in [-0.3, -0.25) is 9.59 Å². The quantitative estimate of drug-likeness (QED) is 0.635. The molecule has 2 amide bonds. The summed E-state index contributed by atoms with van der Waals surface area (Å²) in [5.74, 6) is -0.340. The molecule has 9 heteroatoms. The molecule has 0 atom stereocenters. The summed E-state index contributed by atoms with van der Waals surface area (Å²) in [6, 6.07) is 5.16. The molecular formula is C20H25ClN4O4. The predicted octanol–water partition coefficient (Wildman–Crippen LogP) is 2.42. The molecule has 0 spiro atoms. The number of amides is 2. The fourth-order valence-electron chi connectivity index (χ4n) is 3.07. The number of aromatic nitrogens is 1. The Bertz CT molecular complexity index is 987. The van der Waals surface area contributed by atoms with Crippen molar-refractivity contribution in [3.8, 4) is 0 Å². The van der Waals surface area contributed by atoms with Crippen molar-refractivity contribution in [2.24, 2.45) is 5.73 Å². The Hall–Kier alpha value is -3.00. The van der Waals surface area contributed by atoms with E-state index in [4.69, 9.17) is 22.1 Å². The van der Waals surface area contributed by atoms with Crippen molar-refractivity contribution < 1.29 is 14.3 Å². The van der Waals surface area contributed by atoms with Crippen molar-refractivity contribution in [3.63, 3.8) is 0 Å². The molecule has 1 aromatic carbocycles. The number of carbonyl (C=O) groups excluding carboxylic acids is 2. The molecule has 2 rings (SSSR count). The standard InChI is InChI=1S/C20H25ClN4O4/c1-11-7-12(2)24-19(27)16(11)10-23-18(26)15-8-14(21)9-17(13(15)3)25(4)5-6-29-20(22)28/h7-9H,5-6,10H2,1-4H3,(H2,22,28)(H,23,26)(H,24,27). The molecule has 1 aromatic heterocycles. The molecule has 0 aliphatic heterocycles. The van der Waals surface area contributed by atoms with E-state index in [2.05, 4.69) is 10.3 Å². The summed E-state index contributed by atoms with van der Waals surface area (Å²) in [6.07, 6.45) is -0.845. The smallest absolute Gasteiger partial charge is 0.404 e. The Morgan fingerprint density at radius 2 is 1.93 bits per heavy atom. The van der Waals surface area contributed by atoms with E-state index in [1.165, 1.54) is 0 Å². The minimum Gasteiger partial charge on any atom is -0.448 e. The molecule has 156 valence electrons. The van der Waals surface area contributed by atoms with Crippen LogP contribution in [0.1, 0.15) is 32.7 Å². The molecule has 0 radical (unpaired) electrons. The first-order chi connectivity index (χ1) is 13.6. The molecule has 0 fully saturated rings. The van der Waals surface area contributed by atoms with Crippen LogP contribution in [-0.4, -0.2) is 37.2 Å². The molecule has 0 bridgehead atoms. The van der Waals surface area contributed by atoms with Gasteiger partial charge in [-0.1, -0.05) is 11.6 Å². The second-order valence-electron chi connectivity index (χ2n) is 6.81. The van der Waals surface area contributed by atoms with Gasteiger partial charge in [0.15, 0.2) is 0 Å². The number of anilines is 1. The number of aryl methyl sites for hydroxylation is 2. The van der Waals surface area contributed by atoms with Crippen LogP contribution in [0, 0.1) is 20.8 Å². The first-order valence-electron chi connectivity index (χ1n) is 9.01. The zero-order valence-electron chi connectivity index (χ0n) is 16.9. The second kappa shape index (κ2) is 9.47. The molecule has 4 N–H and O–H groups in total. The van der Waals surface area contributed by atoms with E-state index in [9.17, 15) is 14.4 Å². The maximum Gasteiger partial charge on any atom is 0.404 e. The van der Waals surface area contributed by atoms with Crippen LogP contribution in [0.4, 0.5) is 10.5 Å². The van der Waals surface area contributed by atoms with Gasteiger partial charge in [0.1, 0.15) is 6.61 Å². The van der Waals surface area contributed by atoms with E-state index >= 15 is 0 Å². The highest BCUT2D eigenvalue weighted by Gasteiger charge is 2.17. The number of nitrogens with zero attached hydrogens (tertiary/aromatic N) is 1. The summed E-state index contributed by atoms with van der Waals surface area (Å²) in [7, 11) is 1.79. The van der Waals surface area contributed by atoms with Gasteiger partial charge in [0, 0.05) is 41.1 Å². The van der Waals surface area contributed by atoms with Crippen molar-refractivity contribution in [1.29, 1.82) is 0 Å². The minimum atomic E-state index is -0.845. The first kappa shape index (κ1) is 22.3. The van der Waals surface area contributed by atoms with Crippen LogP contribution in [0.25, 0.3) is 0 Å². The molecule has 0 unspecified atom stereocenters. The van der Waals surface area contributed by atoms with Crippen LogP contribution >= 0.6 is 11.6 Å². The van der Waals surface area contributed by atoms with Crippen LogP contribution in [0.2, 0.25) is 5.02 Å². The molecule has 29 heavy (non-hydrogen) atoms. The Morgan fingerprint density at radius 3 is 2.55 bits per heavy atom. The van der Waals surface area contributed by atoms with Crippen molar-refractivity contribution in [2.45, 2.75) is 27.3 Å². The van der Waals surface area contributed by atoms with Crippen LogP contribution in [-0.2, 0) is 11.3 Å². The summed E-state index contributed by atoms with van der Waals surface area (Å²) in [5, 5.41) is 3.18. The average Bonchev–Trinajstić information content (AvgIpc) is 2.61. The summed E-state index contributed by atoms with van der Waals surface area (Å²) in [4.78, 5) is 40.2. The maximum atomic E-state index is 12.8. The van der Waals surface area contributed by atoms with Gasteiger partial charge in [-0.25, -0.2) is 4.79 Å². The average molecular weight is 421 g/mol. The van der Waals surface area contributed by atoms with Gasteiger partial charge in [0.25, 0.3) is 11.5 Å². The number of primary amides is 1. The van der Waals surface area contributed by atoms with Crippen LogP contribution in [0.15, 0.2) is 23.0 Å². The van der Waals surface area contributed by atoms with E-state index in [-0.39, 0.29) is 24.6 Å². The minimum absolute atomic E-state index is 0.101. The SMILES string of the molecule is Cc1cc(C)c(CNC(=O)c2cc(Cl)cc(N(C)CCOC(N)=O)c2C)c(=O)[nH]1. The summed E-state index contributed by atoms with van der Waals surface area (Å²) in [6.45, 7) is 6.02. The lowest BCUT2D eigenvalue weighted by molar-refractivity contribution is 0.0950. The molecule has 1 heterocycles. The highest BCUT2D eigenvalue weighted by molar-refractivity contribution is 6.31. The molecule has 0 saturated heterocycles. The predicted molar refractivity (Wildman–Crippen MR) is 113 cm³/mol. The molecule has 2 aromatic rings. The monoisotopic (exact) mass is 420 g/mol. The van der Waals surface area contributed by atoms with Gasteiger partial charge in [0.2, 0.25) is 0 Å². The van der Waals surface area contributed by atoms with Crippen LogP contribution in [0.3, 0.4) is 0 Å². The number of rotatable bonds is 7. The number of halogens is 1. The fraction of sp³-hybridized carbons (Fsp3) is 0.350. The summed E-state index contributed by atoms with van der Waals surface area (Å²) >= 11 is 6.21. The number of nitrogens with one attached hydrogen (secondary N) is 2. The Balaban J connectivity index is 2.19. The molecule has 0 aliphatic carbocycles. The van der Waals surface area contributed by atoms with E-state index in [0.29, 0.717) is 28.3 Å². The largest absolute Gasteiger partial charge is 0.448 e. The van der Waals surface area contributed by atoms with E-state index < -0.39 is 6.09 Å². The van der Waals surface area contributed by atoms with E-state index in [0.717, 1.165) is 16.9 Å². The topological polar surface area (TPSA) is 118 Å². The highest BCUT2D eigenvalue weighted by Crippen LogP contribution is 2.27. The lowest BCUT2D eigenvalue weighted by Crippen LogP contribution is -2.29. The number of aromatic amines is 1. The Morgan fingerprint density at radius 1 is 1.24 bits per heavy atom. The first-order valence-corrected chi connectivity index (χ1v) is 9.39. The zero-order valence-corrected chi connectivity index (χ0v) is 17.6. The molecule has 0 saturated carbocycles. The van der Waals surface area contributed by atoms with Crippen molar-refractivity contribution >= 4 is 29.3 Å². The molecular weight excluding hydrogens is 396 g/mol. The summed E-state index contributed by atoms with van der Waals surface area (Å²) in [5.41, 5.74) is 8.66. The number of pyridine rings is 1. The van der Waals surface area contributed by atoms with E-state index in [1.807, 2.05) is 17.9 Å². The molecule has 0 aliphatic rings. The number of benzene rings is 1. The Labute approximate surface area is 174 Å². The number of carbonyl (C=O) groups is 2. The number of nitrogens with two attached hydrogens (primary N) is 1. The number of likely N-dealkylation sites (N-methyl/N-ethyl adjacent to an activating group) is 1. The number of ether oxygens (including phenoxy) is 1. The van der Waals surface area contributed by atoms with Crippen molar-refractivity contribution in [3.05, 3.63) is 61.5 Å². The number of H-pyrrole nitrogens is 1. The van der Waals surface area contributed by atoms with E-state index in [1.54, 1.807) is 33.0 Å². The highest BCUT2D eigenvalue weighted by atomic mass is 35.5. The van der Waals surface area contributed by atoms with Gasteiger partial charge < -0.3 is 25.7 Å². The fourth-order valence-corrected chi connectivity index (χ4v) is 3.28. The van der Waals surface area contributed by atoms with Gasteiger partial charge >= 0.3 is 6.09 Å². The second-order valence-corrected chi connectivity index (χ2v) is 7.25. The van der Waals surface area contributed by atoms with Crippen molar-refractivity contribution in [2.75, 3.05) is 25.1 Å². The van der Waals surface area contributed by atoms with Gasteiger partial charge in [-0.15, -0.1) is 0 Å². The van der Waals surface area contributed by atoms with Gasteiger partial charge in [0.05, 0.1) is 6.54 Å². The molecule has 8 nitrogen and oxygen atoms in total. The normalized spacial score (nSPS) is 10.5. The lowest BCUT2D eigenvalue weighted by Gasteiger charge is -2.23. The van der Waals surface area contributed by atoms with Gasteiger partial charge in [-0.05, 0) is 50.1 Å². The van der Waals surface area contributed by atoms with Crippen LogP contribution < -0.4 is 21.5 Å². The third-order valence-electron chi connectivity index (χ3n) is 4.59. The summed E-state index contributed by atoms with van der Waals surface area (Å²) < 4.78 is 4.75. The number of hydrogen-bond acceptors (Lipinski definition) is 5.